The Morgan fingerprint density at radius 1 is 1.30 bits per heavy atom. The van der Waals surface area contributed by atoms with Gasteiger partial charge < -0.3 is 0 Å². The number of nitrogens with zero attached hydrogens (tertiary/aromatic N) is 2. The molecule has 0 bridgehead atoms. The average molecular weight is 284 g/mol. The Balaban J connectivity index is 2.04. The SMILES string of the molecule is CN(Cc1cccc2ccsc12)/N=C\C#CC(C)(C)C. The summed E-state index contributed by atoms with van der Waals surface area (Å²) < 4.78 is 1.34. The van der Waals surface area contributed by atoms with Gasteiger partial charge in [0.25, 0.3) is 0 Å². The first-order valence-corrected chi connectivity index (χ1v) is 7.55. The van der Waals surface area contributed by atoms with E-state index in [1.807, 2.05) is 12.1 Å². The summed E-state index contributed by atoms with van der Waals surface area (Å²) in [6, 6.07) is 8.56. The molecular formula is C17H20N2S. The Labute approximate surface area is 125 Å². The molecule has 2 aromatic rings. The van der Waals surface area contributed by atoms with Crippen LogP contribution in [-0.2, 0) is 6.54 Å². The van der Waals surface area contributed by atoms with Crippen molar-refractivity contribution in [2.75, 3.05) is 7.05 Å². The quantitative estimate of drug-likeness (QED) is 0.464. The summed E-state index contributed by atoms with van der Waals surface area (Å²) in [4.78, 5) is 0. The molecule has 2 rings (SSSR count). The lowest BCUT2D eigenvalue weighted by Gasteiger charge is -2.12. The van der Waals surface area contributed by atoms with Crippen molar-refractivity contribution in [1.82, 2.24) is 5.01 Å². The van der Waals surface area contributed by atoms with Crippen molar-refractivity contribution < 1.29 is 0 Å². The van der Waals surface area contributed by atoms with Crippen LogP contribution in [0.15, 0.2) is 34.7 Å². The van der Waals surface area contributed by atoms with Crippen molar-refractivity contribution in [2.45, 2.75) is 27.3 Å². The minimum absolute atomic E-state index is 0.0210. The lowest BCUT2D eigenvalue weighted by atomic mass is 9.98. The summed E-state index contributed by atoms with van der Waals surface area (Å²) >= 11 is 1.78. The third-order valence-corrected chi connectivity index (χ3v) is 3.73. The summed E-state index contributed by atoms with van der Waals surface area (Å²) in [5.41, 5.74) is 1.33. The first kappa shape index (κ1) is 14.6. The van der Waals surface area contributed by atoms with Crippen molar-refractivity contribution in [3.05, 3.63) is 35.2 Å². The van der Waals surface area contributed by atoms with E-state index in [0.717, 1.165) is 6.54 Å². The predicted molar refractivity (Wildman–Crippen MR) is 89.0 cm³/mol. The van der Waals surface area contributed by atoms with Gasteiger partial charge in [-0.1, -0.05) is 30.0 Å². The van der Waals surface area contributed by atoms with Crippen molar-refractivity contribution in [1.29, 1.82) is 0 Å². The Morgan fingerprint density at radius 2 is 2.10 bits per heavy atom. The number of hydrogen-bond acceptors (Lipinski definition) is 3. The van der Waals surface area contributed by atoms with Gasteiger partial charge in [-0.25, -0.2) is 0 Å². The molecule has 0 aliphatic carbocycles. The van der Waals surface area contributed by atoms with Crippen LogP contribution in [0, 0.1) is 17.3 Å². The van der Waals surface area contributed by atoms with E-state index in [2.05, 4.69) is 67.4 Å². The number of thiophene rings is 1. The van der Waals surface area contributed by atoms with Gasteiger partial charge in [-0.15, -0.1) is 11.3 Å². The molecule has 3 heteroatoms. The van der Waals surface area contributed by atoms with Crippen LogP contribution in [0.4, 0.5) is 0 Å². The summed E-state index contributed by atoms with van der Waals surface area (Å²) in [5.74, 6) is 6.14. The van der Waals surface area contributed by atoms with Gasteiger partial charge in [-0.2, -0.15) is 5.10 Å². The van der Waals surface area contributed by atoms with E-state index in [4.69, 9.17) is 0 Å². The molecule has 0 radical (unpaired) electrons. The third-order valence-electron chi connectivity index (χ3n) is 2.73. The standard InChI is InChI=1S/C17H20N2S/c1-17(2,3)10-6-11-18-19(4)13-15-8-5-7-14-9-12-20-16(14)15/h5,7-9,11-12H,13H2,1-4H3/b18-11-. The topological polar surface area (TPSA) is 15.6 Å². The van der Waals surface area contributed by atoms with Crippen LogP contribution in [-0.4, -0.2) is 18.3 Å². The predicted octanol–water partition coefficient (Wildman–Crippen LogP) is 4.37. The van der Waals surface area contributed by atoms with Gasteiger partial charge in [0.2, 0.25) is 0 Å². The van der Waals surface area contributed by atoms with Gasteiger partial charge in [0, 0.05) is 17.2 Å². The molecule has 0 saturated heterocycles. The zero-order valence-electron chi connectivity index (χ0n) is 12.5. The van der Waals surface area contributed by atoms with Crippen LogP contribution in [0.3, 0.4) is 0 Å². The second-order valence-corrected chi connectivity index (χ2v) is 6.75. The number of rotatable bonds is 3. The fraction of sp³-hybridized carbons (Fsp3) is 0.353. The van der Waals surface area contributed by atoms with Gasteiger partial charge in [0.15, 0.2) is 0 Å². The molecular weight excluding hydrogens is 264 g/mol. The van der Waals surface area contributed by atoms with E-state index in [0.29, 0.717) is 0 Å². The molecule has 0 saturated carbocycles. The largest absolute Gasteiger partial charge is 0.295 e. The first-order valence-electron chi connectivity index (χ1n) is 6.67. The number of hydrogen-bond donors (Lipinski definition) is 0. The van der Waals surface area contributed by atoms with Crippen LogP contribution in [0.5, 0.6) is 0 Å². The van der Waals surface area contributed by atoms with Crippen molar-refractivity contribution in [2.24, 2.45) is 10.5 Å². The van der Waals surface area contributed by atoms with E-state index in [9.17, 15) is 0 Å². The average Bonchev–Trinajstić information content (AvgIpc) is 2.83. The maximum atomic E-state index is 4.35. The second-order valence-electron chi connectivity index (χ2n) is 5.84. The fourth-order valence-corrected chi connectivity index (χ4v) is 2.75. The Kier molecular flexibility index (Phi) is 4.46. The normalized spacial score (nSPS) is 11.6. The molecule has 1 heterocycles. The zero-order valence-corrected chi connectivity index (χ0v) is 13.3. The summed E-state index contributed by atoms with van der Waals surface area (Å²) in [6.45, 7) is 7.07. The molecule has 2 nitrogen and oxygen atoms in total. The van der Waals surface area contributed by atoms with E-state index in [-0.39, 0.29) is 5.41 Å². The van der Waals surface area contributed by atoms with Gasteiger partial charge in [0.1, 0.15) is 0 Å². The summed E-state index contributed by atoms with van der Waals surface area (Å²) in [5, 5.41) is 9.71. The van der Waals surface area contributed by atoms with Crippen molar-refractivity contribution >= 4 is 27.6 Å². The molecule has 0 aliphatic heterocycles. The van der Waals surface area contributed by atoms with Crippen molar-refractivity contribution in [3.8, 4) is 11.8 Å². The Morgan fingerprint density at radius 3 is 2.85 bits per heavy atom. The molecule has 0 atom stereocenters. The smallest absolute Gasteiger partial charge is 0.0968 e. The van der Waals surface area contributed by atoms with Gasteiger partial charge in [-0.3, -0.25) is 5.01 Å². The van der Waals surface area contributed by atoms with Crippen LogP contribution in [0.1, 0.15) is 26.3 Å². The molecule has 1 aromatic carbocycles. The highest BCUT2D eigenvalue weighted by molar-refractivity contribution is 7.17. The van der Waals surface area contributed by atoms with Crippen LogP contribution < -0.4 is 0 Å². The number of fused-ring (bicyclic) bond motifs is 1. The molecule has 1 aromatic heterocycles. The minimum Gasteiger partial charge on any atom is -0.295 e. The van der Waals surface area contributed by atoms with E-state index < -0.39 is 0 Å². The Bertz CT molecular complexity index is 665. The molecule has 104 valence electrons. The summed E-state index contributed by atoms with van der Waals surface area (Å²) in [6.07, 6.45) is 1.68. The number of benzene rings is 1. The molecule has 20 heavy (non-hydrogen) atoms. The summed E-state index contributed by atoms with van der Waals surface area (Å²) in [7, 11) is 1.97. The molecule has 0 N–H and O–H groups in total. The van der Waals surface area contributed by atoms with E-state index >= 15 is 0 Å². The first-order chi connectivity index (χ1) is 9.46. The van der Waals surface area contributed by atoms with Crippen LogP contribution in [0.25, 0.3) is 10.1 Å². The molecule has 0 aliphatic rings. The van der Waals surface area contributed by atoms with Gasteiger partial charge in [0.05, 0.1) is 12.8 Å². The maximum absolute atomic E-state index is 4.35. The second kappa shape index (κ2) is 6.11. The maximum Gasteiger partial charge on any atom is 0.0968 e. The van der Waals surface area contributed by atoms with Crippen LogP contribution >= 0.6 is 11.3 Å². The highest BCUT2D eigenvalue weighted by atomic mass is 32.1. The Hall–Kier alpha value is -1.79. The lowest BCUT2D eigenvalue weighted by Crippen LogP contribution is -2.10. The minimum atomic E-state index is 0.0210. The molecule has 0 amide bonds. The highest BCUT2D eigenvalue weighted by Gasteiger charge is 2.04. The monoisotopic (exact) mass is 284 g/mol. The zero-order chi connectivity index (χ0) is 14.6. The molecule has 0 unspecified atom stereocenters. The fourth-order valence-electron chi connectivity index (χ4n) is 1.84. The lowest BCUT2D eigenvalue weighted by molar-refractivity contribution is 0.351. The van der Waals surface area contributed by atoms with Crippen LogP contribution in [0.2, 0.25) is 0 Å². The van der Waals surface area contributed by atoms with E-state index in [1.165, 1.54) is 15.6 Å². The highest BCUT2D eigenvalue weighted by Crippen LogP contribution is 2.25. The molecule has 0 fully saturated rings. The van der Waals surface area contributed by atoms with Gasteiger partial charge in [-0.05, 0) is 43.2 Å². The van der Waals surface area contributed by atoms with Crippen molar-refractivity contribution in [3.63, 3.8) is 0 Å². The molecule has 0 spiro atoms. The number of hydrazone groups is 1. The van der Waals surface area contributed by atoms with E-state index in [1.54, 1.807) is 17.6 Å². The van der Waals surface area contributed by atoms with Gasteiger partial charge >= 0.3 is 0 Å². The third kappa shape index (κ3) is 4.11.